The number of carbonyl (C=O) groups is 12. The minimum atomic E-state index is -4.27. The molecular weight excluding hydrogens is 2000 g/mol. The second-order valence-corrected chi connectivity index (χ2v) is 65.4. The van der Waals surface area contributed by atoms with Crippen molar-refractivity contribution in [2.75, 3.05) is 276 Å². The van der Waals surface area contributed by atoms with Crippen molar-refractivity contribution in [1.82, 2.24) is 55.4 Å². The van der Waals surface area contributed by atoms with E-state index in [0.717, 1.165) is 26.7 Å². The molecule has 9 fully saturated rings. The third-order valence-electron chi connectivity index (χ3n) is 21.2. The first-order chi connectivity index (χ1) is 64.6. The van der Waals surface area contributed by atoms with Crippen LogP contribution in [0.25, 0.3) is 0 Å². The van der Waals surface area contributed by atoms with Gasteiger partial charge in [0.2, 0.25) is 29.5 Å². The standard InChI is InChI=1S/C11H22NO4P.C11H20NO4P.C10H20N2O3.C10H20NO4P.C10H18NO4P.C10H20NO4P.C9H18N2O3.C9H16NO4P.C8H16NO6P/c2*1-11(2)5-6-16-12(10(11)14)7-9(13)8-17(3,4)15;1-7-8(2)15-12(10(7)14)6-9(13)5-11(3)4;2*1-8-4-10(13)11(15-6-8)5-9(12)7-16(2,3)14;1-8-4-5-15-11(10(8)13)6-9(12)7-16(2,3)14;1-10(2)6-8(12)7-11-9(13)4-3-5-14-11;1-15(2,13)7-8(11)6-10-9(12)4-3-5-14-10;1-8(2)5-15-9(7(8)11)3-6(10)4-16(12,13)14/h9,13H,5-8H2,1-4H3;5-8H2,1-4H3;7-9,13H,5-6H2,1-4H3;8-9,12H,4-7H2,1-3H3;8H,4-7H2,1-3H3;8-9,12H,4-7H2,1-3H3;8,12H,3-7H2,1-2H3;3-7H2,1-2H3;6,10H,3-5H2,1-2H3,(H2,12,13,14). The molecule has 9 heterocycles. The first kappa shape index (κ1) is 135. The maximum Gasteiger partial charge on any atom is 0.328 e. The molecule has 9 saturated heterocycles. The Bertz CT molecular complexity index is 4390. The monoisotopic (exact) mass is 2170 g/mol. The van der Waals surface area contributed by atoms with E-state index in [0.29, 0.717) is 111 Å². The van der Waals surface area contributed by atoms with Gasteiger partial charge < -0.3 is 77.6 Å². The molecule has 828 valence electrons. The molecule has 142 heavy (non-hydrogen) atoms. The van der Waals surface area contributed by atoms with E-state index >= 15 is 0 Å². The number of aliphatic hydroxyl groups excluding tert-OH is 6. The minimum absolute atomic E-state index is 0.0145. The molecule has 0 aliphatic carbocycles. The van der Waals surface area contributed by atoms with E-state index in [1.807, 2.05) is 100 Å². The van der Waals surface area contributed by atoms with Crippen molar-refractivity contribution in [1.29, 1.82) is 0 Å². The average molecular weight is 2180 g/mol. The van der Waals surface area contributed by atoms with Gasteiger partial charge in [0.25, 0.3) is 23.6 Å². The summed E-state index contributed by atoms with van der Waals surface area (Å²) in [5.41, 5.74) is -1.58. The van der Waals surface area contributed by atoms with Gasteiger partial charge in [-0.3, -0.25) is 106 Å². The highest BCUT2D eigenvalue weighted by molar-refractivity contribution is 7.64. The van der Waals surface area contributed by atoms with E-state index in [1.165, 1.54) is 25.3 Å². The van der Waals surface area contributed by atoms with Gasteiger partial charge >= 0.3 is 7.60 Å². The second kappa shape index (κ2) is 61.4. The number of aliphatic hydroxyl groups is 6. The fourth-order valence-electron chi connectivity index (χ4n) is 14.0. The summed E-state index contributed by atoms with van der Waals surface area (Å²) in [5, 5.41) is 68.2. The lowest BCUT2D eigenvalue weighted by atomic mass is 9.87. The maximum atomic E-state index is 12.0. The Morgan fingerprint density at radius 1 is 0.366 bits per heavy atom. The number of amides is 9. The lowest BCUT2D eigenvalue weighted by molar-refractivity contribution is -0.220. The van der Waals surface area contributed by atoms with Gasteiger partial charge in [-0.25, -0.2) is 45.6 Å². The van der Waals surface area contributed by atoms with E-state index in [4.69, 9.17) is 53.3 Å². The molecule has 0 spiro atoms. The molecule has 0 bridgehead atoms. The Hall–Kier alpha value is -4.91. The van der Waals surface area contributed by atoms with E-state index in [2.05, 4.69) is 0 Å². The summed E-state index contributed by atoms with van der Waals surface area (Å²) in [4.78, 5) is 207. The van der Waals surface area contributed by atoms with E-state index in [-0.39, 0.29) is 203 Å². The molecule has 8 N–H and O–H groups in total. The highest BCUT2D eigenvalue weighted by Crippen LogP contribution is 2.42. The van der Waals surface area contributed by atoms with Gasteiger partial charge in [0, 0.05) is 74.0 Å². The number of rotatable bonds is 36. The number of ketones is 3. The Balaban J connectivity index is 0.000000799. The van der Waals surface area contributed by atoms with Gasteiger partial charge in [-0.1, -0.05) is 55.4 Å². The van der Waals surface area contributed by atoms with Gasteiger partial charge in [0.05, 0.1) is 214 Å². The SMILES string of the molecule is CC1(C)CCON(CC(=O)CP(C)(C)=O)C1=O.CC1(C)CCON(CC(O)CP(C)(C)=O)C1=O.CC1(C)CON(CC(O)CP(=O)(O)O)C1=O.CC1CCON(CC(O)CP(C)(C)=O)C1=O.CC1CON(CC(=O)CP(C)(C)=O)C(=O)C1.CC1CON(CC(O)CP(C)(C)=O)C(=O)C1.CC1ON(CC(O)CN(C)C)C(=O)C1C.CN(C)CC(O)CN1OCCCC1=O.CP(C)(=O)CC(=O)CN1OCCCC1=O. The number of β-amino-alcohol motifs (C(OH)–C–C–N with tert-alkyl or cyclic N) is 6. The molecule has 9 aliphatic rings. The van der Waals surface area contributed by atoms with Crippen LogP contribution in [0, 0.1) is 39.9 Å². The number of hydrogen-bond donors (Lipinski definition) is 8. The number of carbonyl (C=O) groups excluding carboxylic acids is 12. The van der Waals surface area contributed by atoms with Crippen LogP contribution < -0.4 is 0 Å². The number of Topliss-reactive ketones (excluding diaryl/α,β-unsaturated/α-hetero) is 3. The minimum Gasteiger partial charge on any atom is -0.391 e. The lowest BCUT2D eigenvalue weighted by Crippen LogP contribution is -2.49. The summed E-state index contributed by atoms with van der Waals surface area (Å²) < 4.78 is 79.5. The Labute approximate surface area is 838 Å². The molecule has 0 aromatic heterocycles. The molecule has 0 radical (unpaired) electrons. The van der Waals surface area contributed by atoms with Crippen LogP contribution in [0.1, 0.15) is 134 Å². The molecule has 0 aromatic carbocycles. The summed E-state index contributed by atoms with van der Waals surface area (Å²) in [6.07, 6.45) is 0.479. The fourth-order valence-corrected chi connectivity index (χ4v) is 20.9. The van der Waals surface area contributed by atoms with Crippen molar-refractivity contribution in [2.45, 2.75) is 177 Å². The zero-order valence-corrected chi connectivity index (χ0v) is 94.9. The van der Waals surface area contributed by atoms with E-state index in [1.54, 1.807) is 93.8 Å². The van der Waals surface area contributed by atoms with Crippen molar-refractivity contribution in [2.24, 2.45) is 39.9 Å². The molecule has 9 aliphatic heterocycles. The fraction of sp³-hybridized carbons (Fsp3) is 0.864. The lowest BCUT2D eigenvalue weighted by Gasteiger charge is -2.37. The van der Waals surface area contributed by atoms with Crippen LogP contribution in [-0.2, 0) is 133 Å². The molecule has 9 rings (SSSR count). The zero-order valence-electron chi connectivity index (χ0n) is 88.7. The summed E-state index contributed by atoms with van der Waals surface area (Å²) in [5.74, 6) is -1.62. The topological polar surface area (TPSA) is 605 Å². The number of hydroxylamine groups is 18. The molecule has 47 nitrogen and oxygen atoms in total. The molecule has 0 aromatic rings. The molecule has 11 atom stereocenters. The molecule has 54 heteroatoms. The molecule has 0 saturated carbocycles. The van der Waals surface area contributed by atoms with Crippen LogP contribution in [0.3, 0.4) is 0 Å². The van der Waals surface area contributed by atoms with Crippen LogP contribution in [0.5, 0.6) is 0 Å². The maximum absolute atomic E-state index is 12.0. The van der Waals surface area contributed by atoms with Crippen molar-refractivity contribution in [3.63, 3.8) is 0 Å². The van der Waals surface area contributed by atoms with E-state index < -0.39 is 109 Å². The van der Waals surface area contributed by atoms with Crippen molar-refractivity contribution in [3.8, 4) is 0 Å². The Morgan fingerprint density at radius 3 is 1.03 bits per heavy atom. The normalized spacial score (nSPS) is 22.7. The summed E-state index contributed by atoms with van der Waals surface area (Å²) in [7, 11) is -10.7. The van der Waals surface area contributed by atoms with Crippen LogP contribution in [0.4, 0.5) is 0 Å². The summed E-state index contributed by atoms with van der Waals surface area (Å²) in [6, 6.07) is 0. The highest BCUT2D eigenvalue weighted by Gasteiger charge is 2.44. The average Bonchev–Trinajstić information content (AvgIpc) is 1.61. The molecule has 11 unspecified atom stereocenters. The van der Waals surface area contributed by atoms with Crippen LogP contribution >= 0.6 is 50.4 Å². The Morgan fingerprint density at radius 2 is 0.676 bits per heavy atom. The largest absolute Gasteiger partial charge is 0.391 e. The summed E-state index contributed by atoms with van der Waals surface area (Å²) >= 11 is 0. The first-order valence-electron chi connectivity index (χ1n) is 47.3. The smallest absolute Gasteiger partial charge is 0.328 e. The number of nitrogens with zero attached hydrogens (tertiary/aromatic N) is 11. The third-order valence-corrected chi connectivity index (χ3v) is 29.4. The van der Waals surface area contributed by atoms with Crippen LogP contribution in [0.15, 0.2) is 0 Å². The zero-order chi connectivity index (χ0) is 110. The quantitative estimate of drug-likeness (QED) is 0.0406. The third kappa shape index (κ3) is 59.5. The first-order valence-corrected chi connectivity index (χ1v) is 65.8. The molecule has 9 amide bonds. The van der Waals surface area contributed by atoms with Gasteiger partial charge in [0.15, 0.2) is 17.3 Å². The van der Waals surface area contributed by atoms with Gasteiger partial charge in [-0.05, 0) is 173 Å². The Kier molecular flexibility index (Phi) is 58.4. The van der Waals surface area contributed by atoms with Crippen LogP contribution in [0.2, 0.25) is 0 Å². The van der Waals surface area contributed by atoms with E-state index in [9.17, 15) is 120 Å². The number of likely N-dealkylation sites (N-methyl/N-ethyl adjacent to an activating group) is 2. The number of hydrogen-bond acceptors (Lipinski definition) is 36. The molecular formula is C88H170N11O36P7. The van der Waals surface area contributed by atoms with Gasteiger partial charge in [-0.2, -0.15) is 0 Å². The van der Waals surface area contributed by atoms with Crippen molar-refractivity contribution < 1.29 is 173 Å². The predicted octanol–water partition coefficient (Wildman–Crippen LogP) is 4.27. The van der Waals surface area contributed by atoms with Gasteiger partial charge in [0.1, 0.15) is 19.6 Å². The van der Waals surface area contributed by atoms with Crippen molar-refractivity contribution in [3.05, 3.63) is 0 Å². The highest BCUT2D eigenvalue weighted by atomic mass is 31.2. The predicted molar refractivity (Wildman–Crippen MR) is 534 cm³/mol. The van der Waals surface area contributed by atoms with Crippen LogP contribution in [-0.4, -0.2) is 485 Å². The second-order valence-electron chi connectivity index (χ2n) is 42.8. The summed E-state index contributed by atoms with van der Waals surface area (Å²) in [6.45, 7) is 44.3. The van der Waals surface area contributed by atoms with Crippen molar-refractivity contribution >= 4 is 121 Å². The van der Waals surface area contributed by atoms with Gasteiger partial charge in [-0.15, -0.1) is 0 Å².